The average Bonchev–Trinajstić information content (AvgIpc) is 2.50. The average molecular weight is 382 g/mol. The molecule has 0 bridgehead atoms. The van der Waals surface area contributed by atoms with Crippen LogP contribution in [-0.4, -0.2) is 21.9 Å². The van der Waals surface area contributed by atoms with Crippen molar-refractivity contribution in [2.24, 2.45) is 0 Å². The SMILES string of the molecule is O=C(NCCCCCCI)c1cccc2ncccc12. The molecule has 0 aliphatic rings. The molecule has 0 spiro atoms. The fourth-order valence-electron chi connectivity index (χ4n) is 2.17. The topological polar surface area (TPSA) is 42.0 Å². The van der Waals surface area contributed by atoms with Gasteiger partial charge in [-0.25, -0.2) is 0 Å². The van der Waals surface area contributed by atoms with Gasteiger partial charge in [0.05, 0.1) is 5.52 Å². The molecular formula is C16H19IN2O. The molecule has 1 N–H and O–H groups in total. The van der Waals surface area contributed by atoms with Gasteiger partial charge in [0.25, 0.3) is 5.91 Å². The number of carbonyl (C=O) groups is 1. The zero-order valence-corrected chi connectivity index (χ0v) is 13.6. The number of halogens is 1. The lowest BCUT2D eigenvalue weighted by Gasteiger charge is -2.07. The molecule has 3 nitrogen and oxygen atoms in total. The molecule has 1 aromatic heterocycles. The second kappa shape index (κ2) is 8.19. The Morgan fingerprint density at radius 1 is 1.10 bits per heavy atom. The van der Waals surface area contributed by atoms with E-state index in [0.29, 0.717) is 5.56 Å². The Hall–Kier alpha value is -1.17. The molecule has 0 radical (unpaired) electrons. The van der Waals surface area contributed by atoms with Crippen LogP contribution < -0.4 is 5.32 Å². The quantitative estimate of drug-likeness (QED) is 0.448. The highest BCUT2D eigenvalue weighted by atomic mass is 127. The standard InChI is InChI=1S/C16H19IN2O/c17-10-3-1-2-4-11-19-16(20)14-7-5-9-15-13(14)8-6-12-18-15/h5-9,12H,1-4,10-11H2,(H,19,20). The van der Waals surface area contributed by atoms with Gasteiger partial charge < -0.3 is 5.32 Å². The Morgan fingerprint density at radius 2 is 1.95 bits per heavy atom. The van der Waals surface area contributed by atoms with Crippen LogP contribution in [0.5, 0.6) is 0 Å². The van der Waals surface area contributed by atoms with Crippen molar-refractivity contribution >= 4 is 39.4 Å². The van der Waals surface area contributed by atoms with Crippen LogP contribution in [0.3, 0.4) is 0 Å². The lowest BCUT2D eigenvalue weighted by atomic mass is 10.1. The monoisotopic (exact) mass is 382 g/mol. The van der Waals surface area contributed by atoms with Crippen molar-refractivity contribution in [1.82, 2.24) is 10.3 Å². The molecule has 0 atom stereocenters. The predicted octanol–water partition coefficient (Wildman–Crippen LogP) is 3.96. The van der Waals surface area contributed by atoms with E-state index in [1.807, 2.05) is 30.3 Å². The summed E-state index contributed by atoms with van der Waals surface area (Å²) in [6, 6.07) is 9.47. The van der Waals surface area contributed by atoms with Crippen LogP contribution in [0.25, 0.3) is 10.9 Å². The molecule has 0 aliphatic heterocycles. The molecule has 1 heterocycles. The number of unbranched alkanes of at least 4 members (excludes halogenated alkanes) is 3. The largest absolute Gasteiger partial charge is 0.352 e. The summed E-state index contributed by atoms with van der Waals surface area (Å²) in [6.45, 7) is 0.747. The maximum atomic E-state index is 12.2. The molecule has 20 heavy (non-hydrogen) atoms. The van der Waals surface area contributed by atoms with E-state index >= 15 is 0 Å². The number of hydrogen-bond acceptors (Lipinski definition) is 2. The molecular weight excluding hydrogens is 363 g/mol. The highest BCUT2D eigenvalue weighted by Crippen LogP contribution is 2.16. The first-order valence-corrected chi connectivity index (χ1v) is 8.53. The minimum absolute atomic E-state index is 0.00232. The van der Waals surface area contributed by atoms with Gasteiger partial charge >= 0.3 is 0 Å². The van der Waals surface area contributed by atoms with Gasteiger partial charge in [0, 0.05) is 23.7 Å². The molecule has 106 valence electrons. The molecule has 2 aromatic rings. The van der Waals surface area contributed by atoms with Crippen molar-refractivity contribution in [3.63, 3.8) is 0 Å². The van der Waals surface area contributed by atoms with E-state index in [1.54, 1.807) is 6.20 Å². The summed E-state index contributed by atoms with van der Waals surface area (Å²) in [5.41, 5.74) is 1.57. The summed E-state index contributed by atoms with van der Waals surface area (Å²) in [5, 5.41) is 3.91. The van der Waals surface area contributed by atoms with Crippen LogP contribution in [0.15, 0.2) is 36.5 Å². The van der Waals surface area contributed by atoms with E-state index in [2.05, 4.69) is 32.9 Å². The fraction of sp³-hybridized carbons (Fsp3) is 0.375. The Bertz CT molecular complexity index is 566. The molecule has 2 rings (SSSR count). The van der Waals surface area contributed by atoms with E-state index < -0.39 is 0 Å². The second-order valence-electron chi connectivity index (χ2n) is 4.73. The molecule has 0 fully saturated rings. The van der Waals surface area contributed by atoms with Gasteiger partial charge in [-0.05, 0) is 35.5 Å². The third-order valence-corrected chi connectivity index (χ3v) is 4.00. The zero-order chi connectivity index (χ0) is 14.2. The number of nitrogens with one attached hydrogen (secondary N) is 1. The van der Waals surface area contributed by atoms with E-state index in [4.69, 9.17) is 0 Å². The van der Waals surface area contributed by atoms with Crippen LogP contribution in [0.2, 0.25) is 0 Å². The minimum atomic E-state index is -0.00232. The number of rotatable bonds is 7. The molecule has 4 heteroatoms. The van der Waals surface area contributed by atoms with Crippen molar-refractivity contribution in [2.45, 2.75) is 25.7 Å². The molecule has 1 aromatic carbocycles. The van der Waals surface area contributed by atoms with Gasteiger partial charge in [-0.3, -0.25) is 9.78 Å². The number of amides is 1. The first-order chi connectivity index (χ1) is 9.83. The number of pyridine rings is 1. The zero-order valence-electron chi connectivity index (χ0n) is 11.4. The third-order valence-electron chi connectivity index (χ3n) is 3.24. The maximum absolute atomic E-state index is 12.2. The summed E-state index contributed by atoms with van der Waals surface area (Å²) in [4.78, 5) is 16.5. The van der Waals surface area contributed by atoms with E-state index in [1.165, 1.54) is 23.7 Å². The minimum Gasteiger partial charge on any atom is -0.352 e. The summed E-state index contributed by atoms with van der Waals surface area (Å²) in [6.07, 6.45) is 6.49. The van der Waals surface area contributed by atoms with Gasteiger partial charge in [-0.2, -0.15) is 0 Å². The van der Waals surface area contributed by atoms with Crippen LogP contribution in [0.1, 0.15) is 36.0 Å². The second-order valence-corrected chi connectivity index (χ2v) is 5.81. The van der Waals surface area contributed by atoms with Gasteiger partial charge in [-0.15, -0.1) is 0 Å². The summed E-state index contributed by atoms with van der Waals surface area (Å²) in [7, 11) is 0. The van der Waals surface area contributed by atoms with Gasteiger partial charge in [0.15, 0.2) is 0 Å². The van der Waals surface area contributed by atoms with Gasteiger partial charge in [-0.1, -0.05) is 47.6 Å². The fourth-order valence-corrected chi connectivity index (χ4v) is 2.71. The number of aromatic nitrogens is 1. The van der Waals surface area contributed by atoms with Crippen molar-refractivity contribution in [3.05, 3.63) is 42.1 Å². The summed E-state index contributed by atoms with van der Waals surface area (Å²) < 4.78 is 1.22. The van der Waals surface area contributed by atoms with Gasteiger partial charge in [0.1, 0.15) is 0 Å². The van der Waals surface area contributed by atoms with Crippen LogP contribution in [0.4, 0.5) is 0 Å². The van der Waals surface area contributed by atoms with Crippen molar-refractivity contribution in [2.75, 3.05) is 11.0 Å². The first kappa shape index (κ1) is 15.2. The Labute approximate surface area is 133 Å². The van der Waals surface area contributed by atoms with Crippen molar-refractivity contribution < 1.29 is 4.79 Å². The lowest BCUT2D eigenvalue weighted by Crippen LogP contribution is -2.24. The normalized spacial score (nSPS) is 10.7. The number of alkyl halides is 1. The van der Waals surface area contributed by atoms with Crippen molar-refractivity contribution in [1.29, 1.82) is 0 Å². The van der Waals surface area contributed by atoms with Gasteiger partial charge in [0.2, 0.25) is 0 Å². The highest BCUT2D eigenvalue weighted by molar-refractivity contribution is 14.1. The summed E-state index contributed by atoms with van der Waals surface area (Å²) in [5.74, 6) is -0.00232. The number of benzene rings is 1. The molecule has 0 aliphatic carbocycles. The van der Waals surface area contributed by atoms with Crippen LogP contribution >= 0.6 is 22.6 Å². The first-order valence-electron chi connectivity index (χ1n) is 7.01. The molecule has 0 unspecified atom stereocenters. The van der Waals surface area contributed by atoms with Crippen molar-refractivity contribution in [3.8, 4) is 0 Å². The van der Waals surface area contributed by atoms with E-state index in [0.717, 1.165) is 23.9 Å². The lowest BCUT2D eigenvalue weighted by molar-refractivity contribution is 0.0954. The molecule has 1 amide bonds. The number of carbonyl (C=O) groups excluding carboxylic acids is 1. The Kier molecular flexibility index (Phi) is 6.24. The maximum Gasteiger partial charge on any atom is 0.251 e. The highest BCUT2D eigenvalue weighted by Gasteiger charge is 2.09. The third kappa shape index (κ3) is 4.16. The Morgan fingerprint density at radius 3 is 2.80 bits per heavy atom. The molecule has 0 saturated carbocycles. The molecule has 0 saturated heterocycles. The van der Waals surface area contributed by atoms with E-state index in [9.17, 15) is 4.79 Å². The number of hydrogen-bond donors (Lipinski definition) is 1. The number of nitrogens with zero attached hydrogens (tertiary/aromatic N) is 1. The van der Waals surface area contributed by atoms with E-state index in [-0.39, 0.29) is 5.91 Å². The smallest absolute Gasteiger partial charge is 0.251 e. The van der Waals surface area contributed by atoms with Crippen LogP contribution in [-0.2, 0) is 0 Å². The predicted molar refractivity (Wildman–Crippen MR) is 91.4 cm³/mol. The summed E-state index contributed by atoms with van der Waals surface area (Å²) >= 11 is 2.40. The number of fused-ring (bicyclic) bond motifs is 1. The van der Waals surface area contributed by atoms with Crippen LogP contribution in [0, 0.1) is 0 Å². The Balaban J connectivity index is 1.91.